The van der Waals surface area contributed by atoms with Gasteiger partial charge in [0.2, 0.25) is 0 Å². The van der Waals surface area contributed by atoms with Gasteiger partial charge in [0, 0.05) is 4.47 Å². The van der Waals surface area contributed by atoms with Gasteiger partial charge in [0.15, 0.2) is 0 Å². The van der Waals surface area contributed by atoms with Gasteiger partial charge < -0.3 is 9.47 Å². The third-order valence-corrected chi connectivity index (χ3v) is 3.26. The highest BCUT2D eigenvalue weighted by Crippen LogP contribution is 2.18. The van der Waals surface area contributed by atoms with Crippen LogP contribution >= 0.6 is 15.9 Å². The molecule has 0 bridgehead atoms. The zero-order valence-electron chi connectivity index (χ0n) is 11.7. The molecule has 0 spiro atoms. The summed E-state index contributed by atoms with van der Waals surface area (Å²) in [5.41, 5.74) is 0.982. The van der Waals surface area contributed by atoms with E-state index in [1.165, 1.54) is 0 Å². The molecule has 0 fully saturated rings. The largest absolute Gasteiger partial charge is 0.466 e. The van der Waals surface area contributed by atoms with E-state index in [0.717, 1.165) is 10.0 Å². The number of hydrogen-bond donors (Lipinski definition) is 0. The second-order valence-electron chi connectivity index (χ2n) is 4.29. The van der Waals surface area contributed by atoms with Crippen LogP contribution in [0.2, 0.25) is 0 Å². The number of rotatable bonds is 7. The average Bonchev–Trinajstić information content (AvgIpc) is 2.41. The van der Waals surface area contributed by atoms with E-state index in [1.807, 2.05) is 24.3 Å². The summed E-state index contributed by atoms with van der Waals surface area (Å²) in [6, 6.07) is 7.65. The summed E-state index contributed by atoms with van der Waals surface area (Å²) < 4.78 is 10.9. The van der Waals surface area contributed by atoms with Crippen LogP contribution in [-0.4, -0.2) is 25.2 Å². The van der Waals surface area contributed by atoms with Crippen LogP contribution in [0.5, 0.6) is 0 Å². The maximum atomic E-state index is 11.9. The van der Waals surface area contributed by atoms with E-state index in [1.54, 1.807) is 13.8 Å². The van der Waals surface area contributed by atoms with Crippen molar-refractivity contribution in [1.82, 2.24) is 0 Å². The van der Waals surface area contributed by atoms with Crippen molar-refractivity contribution < 1.29 is 19.1 Å². The molecule has 0 heterocycles. The molecule has 1 atom stereocenters. The Morgan fingerprint density at radius 2 is 1.70 bits per heavy atom. The van der Waals surface area contributed by atoms with Crippen LogP contribution in [0.1, 0.15) is 25.8 Å². The monoisotopic (exact) mass is 342 g/mol. The molecule has 4 nitrogen and oxygen atoms in total. The Balaban J connectivity index is 2.73. The highest BCUT2D eigenvalue weighted by atomic mass is 79.9. The van der Waals surface area contributed by atoms with Gasteiger partial charge in [-0.3, -0.25) is 9.59 Å². The van der Waals surface area contributed by atoms with Crippen LogP contribution in [0.3, 0.4) is 0 Å². The molecule has 0 aliphatic rings. The van der Waals surface area contributed by atoms with E-state index < -0.39 is 5.92 Å². The van der Waals surface area contributed by atoms with Crippen molar-refractivity contribution in [3.05, 3.63) is 34.3 Å². The standard InChI is InChI=1S/C15H19BrO4/c1-3-19-14(17)10-12(15(18)20-4-2)9-11-5-7-13(16)8-6-11/h5-8,12H,3-4,9-10H2,1-2H3. The molecule has 0 N–H and O–H groups in total. The number of carbonyl (C=O) groups excluding carboxylic acids is 2. The molecule has 0 radical (unpaired) electrons. The molecule has 0 amide bonds. The Hall–Kier alpha value is -1.36. The van der Waals surface area contributed by atoms with Crippen LogP contribution < -0.4 is 0 Å². The maximum Gasteiger partial charge on any atom is 0.309 e. The maximum absolute atomic E-state index is 11.9. The number of halogens is 1. The van der Waals surface area contributed by atoms with Crippen LogP contribution in [-0.2, 0) is 25.5 Å². The first-order valence-corrected chi connectivity index (χ1v) is 7.42. The molecule has 1 aromatic carbocycles. The number of hydrogen-bond acceptors (Lipinski definition) is 4. The summed E-state index contributed by atoms with van der Waals surface area (Å²) in [6.45, 7) is 4.11. The number of esters is 2. The van der Waals surface area contributed by atoms with Gasteiger partial charge in [-0.2, -0.15) is 0 Å². The number of ether oxygens (including phenoxy) is 2. The van der Waals surface area contributed by atoms with Gasteiger partial charge >= 0.3 is 11.9 Å². The van der Waals surface area contributed by atoms with E-state index in [9.17, 15) is 9.59 Å². The fourth-order valence-electron chi connectivity index (χ4n) is 1.83. The molecule has 0 aliphatic carbocycles. The van der Waals surface area contributed by atoms with Gasteiger partial charge in [-0.05, 0) is 38.0 Å². The smallest absolute Gasteiger partial charge is 0.309 e. The summed E-state index contributed by atoms with van der Waals surface area (Å²) in [4.78, 5) is 23.5. The molecular formula is C15H19BrO4. The zero-order valence-corrected chi connectivity index (χ0v) is 13.3. The minimum atomic E-state index is -0.504. The second kappa shape index (κ2) is 8.74. The Morgan fingerprint density at radius 3 is 2.25 bits per heavy atom. The van der Waals surface area contributed by atoms with Gasteiger partial charge in [-0.15, -0.1) is 0 Å². The van der Waals surface area contributed by atoms with Crippen LogP contribution in [0.25, 0.3) is 0 Å². The first-order valence-electron chi connectivity index (χ1n) is 6.63. The van der Waals surface area contributed by atoms with Crippen molar-refractivity contribution in [3.8, 4) is 0 Å². The number of benzene rings is 1. The summed E-state index contributed by atoms with van der Waals surface area (Å²) in [6.07, 6.45) is 0.508. The van der Waals surface area contributed by atoms with E-state index in [2.05, 4.69) is 15.9 Å². The van der Waals surface area contributed by atoms with E-state index >= 15 is 0 Å². The lowest BCUT2D eigenvalue weighted by Crippen LogP contribution is -2.24. The Morgan fingerprint density at radius 1 is 1.10 bits per heavy atom. The van der Waals surface area contributed by atoms with E-state index in [4.69, 9.17) is 9.47 Å². The highest BCUT2D eigenvalue weighted by molar-refractivity contribution is 9.10. The Kier molecular flexibility index (Phi) is 7.30. The van der Waals surface area contributed by atoms with E-state index in [0.29, 0.717) is 19.6 Å². The third kappa shape index (κ3) is 5.74. The molecule has 0 saturated heterocycles. The molecule has 0 saturated carbocycles. The van der Waals surface area contributed by atoms with Crippen molar-refractivity contribution >= 4 is 27.9 Å². The molecule has 20 heavy (non-hydrogen) atoms. The SMILES string of the molecule is CCOC(=O)CC(Cc1ccc(Br)cc1)C(=O)OCC. The van der Waals surface area contributed by atoms with Gasteiger partial charge in [-0.1, -0.05) is 28.1 Å². The topological polar surface area (TPSA) is 52.6 Å². The molecule has 1 unspecified atom stereocenters. The molecule has 5 heteroatoms. The molecule has 1 aromatic rings. The summed E-state index contributed by atoms with van der Waals surface area (Å²) in [5.74, 6) is -1.23. The second-order valence-corrected chi connectivity index (χ2v) is 5.20. The fourth-order valence-corrected chi connectivity index (χ4v) is 2.09. The lowest BCUT2D eigenvalue weighted by atomic mass is 9.96. The van der Waals surface area contributed by atoms with Crippen molar-refractivity contribution in [2.75, 3.05) is 13.2 Å². The fraction of sp³-hybridized carbons (Fsp3) is 0.467. The minimum absolute atomic E-state index is 0.0444. The highest BCUT2D eigenvalue weighted by Gasteiger charge is 2.24. The minimum Gasteiger partial charge on any atom is -0.466 e. The molecular weight excluding hydrogens is 324 g/mol. The normalized spacial score (nSPS) is 11.8. The zero-order chi connectivity index (χ0) is 15.0. The predicted molar refractivity (Wildman–Crippen MR) is 79.2 cm³/mol. The summed E-state index contributed by atoms with van der Waals surface area (Å²) >= 11 is 3.36. The van der Waals surface area contributed by atoms with Crippen molar-refractivity contribution in [2.45, 2.75) is 26.7 Å². The van der Waals surface area contributed by atoms with Crippen molar-refractivity contribution in [2.24, 2.45) is 5.92 Å². The lowest BCUT2D eigenvalue weighted by molar-refractivity contribution is -0.154. The lowest BCUT2D eigenvalue weighted by Gasteiger charge is -2.15. The van der Waals surface area contributed by atoms with Crippen LogP contribution in [0, 0.1) is 5.92 Å². The summed E-state index contributed by atoms with van der Waals surface area (Å²) in [5, 5.41) is 0. The summed E-state index contributed by atoms with van der Waals surface area (Å²) in [7, 11) is 0. The van der Waals surface area contributed by atoms with Crippen LogP contribution in [0.4, 0.5) is 0 Å². The first kappa shape index (κ1) is 16.7. The molecule has 0 aliphatic heterocycles. The van der Waals surface area contributed by atoms with Crippen molar-refractivity contribution in [1.29, 1.82) is 0 Å². The molecule has 0 aromatic heterocycles. The number of carbonyl (C=O) groups is 2. The molecule has 110 valence electrons. The Labute approximate surface area is 127 Å². The first-order chi connectivity index (χ1) is 9.56. The van der Waals surface area contributed by atoms with Gasteiger partial charge in [-0.25, -0.2) is 0 Å². The quantitative estimate of drug-likeness (QED) is 0.714. The Bertz CT molecular complexity index is 442. The molecule has 1 rings (SSSR count). The van der Waals surface area contributed by atoms with Gasteiger partial charge in [0.05, 0.1) is 25.6 Å². The van der Waals surface area contributed by atoms with Crippen LogP contribution in [0.15, 0.2) is 28.7 Å². The van der Waals surface area contributed by atoms with Crippen molar-refractivity contribution in [3.63, 3.8) is 0 Å². The van der Waals surface area contributed by atoms with E-state index in [-0.39, 0.29) is 18.4 Å². The van der Waals surface area contributed by atoms with Gasteiger partial charge in [0.1, 0.15) is 0 Å². The average molecular weight is 343 g/mol. The third-order valence-electron chi connectivity index (χ3n) is 2.73. The van der Waals surface area contributed by atoms with Gasteiger partial charge in [0.25, 0.3) is 0 Å². The predicted octanol–water partition coefficient (Wildman–Crippen LogP) is 3.12.